The van der Waals surface area contributed by atoms with Crippen LogP contribution in [-0.2, 0) is 9.59 Å². The Morgan fingerprint density at radius 3 is 2.89 bits per heavy atom. The van der Waals surface area contributed by atoms with Crippen LogP contribution < -0.4 is 0 Å². The summed E-state index contributed by atoms with van der Waals surface area (Å²) in [6.07, 6.45) is 4.29. The van der Waals surface area contributed by atoms with Crippen molar-refractivity contribution in [3.63, 3.8) is 0 Å². The number of amides is 1. The molecule has 1 aliphatic heterocycles. The molecule has 1 amide bonds. The lowest BCUT2D eigenvalue weighted by Crippen LogP contribution is -2.39. The molecule has 4 nitrogen and oxygen atoms in total. The van der Waals surface area contributed by atoms with Gasteiger partial charge in [-0.05, 0) is 36.6 Å². The van der Waals surface area contributed by atoms with Crippen molar-refractivity contribution in [2.75, 3.05) is 6.54 Å². The van der Waals surface area contributed by atoms with E-state index in [4.69, 9.17) is 16.7 Å². The minimum atomic E-state index is -0.943. The summed E-state index contributed by atoms with van der Waals surface area (Å²) in [4.78, 5) is 24.4. The highest BCUT2D eigenvalue weighted by atomic mass is 35.5. The minimum absolute atomic E-state index is 0.273. The van der Waals surface area contributed by atoms with Gasteiger partial charge >= 0.3 is 5.97 Å². The van der Waals surface area contributed by atoms with E-state index in [1.807, 2.05) is 6.07 Å². The molecule has 1 N–H and O–H groups in total. The molecule has 0 unspecified atom stereocenters. The SMILES string of the molecule is O=C(O)[C@@H]1CCCN1C(=O)/C=C/c1cccc(Cl)c1. The van der Waals surface area contributed by atoms with Crippen LogP contribution in [-0.4, -0.2) is 34.5 Å². The maximum Gasteiger partial charge on any atom is 0.326 e. The molecule has 19 heavy (non-hydrogen) atoms. The van der Waals surface area contributed by atoms with Crippen molar-refractivity contribution in [1.82, 2.24) is 4.90 Å². The van der Waals surface area contributed by atoms with Crippen molar-refractivity contribution >= 4 is 29.6 Å². The first-order valence-corrected chi connectivity index (χ1v) is 6.43. The normalized spacial score (nSPS) is 19.0. The highest BCUT2D eigenvalue weighted by Gasteiger charge is 2.32. The van der Waals surface area contributed by atoms with Crippen molar-refractivity contribution in [2.24, 2.45) is 0 Å². The van der Waals surface area contributed by atoms with Gasteiger partial charge in [-0.3, -0.25) is 4.79 Å². The number of carbonyl (C=O) groups is 2. The van der Waals surface area contributed by atoms with E-state index in [1.165, 1.54) is 11.0 Å². The van der Waals surface area contributed by atoms with Gasteiger partial charge in [0.15, 0.2) is 0 Å². The quantitative estimate of drug-likeness (QED) is 0.865. The summed E-state index contributed by atoms with van der Waals surface area (Å²) in [6.45, 7) is 0.496. The van der Waals surface area contributed by atoms with Crippen LogP contribution in [0.3, 0.4) is 0 Å². The zero-order valence-corrected chi connectivity index (χ0v) is 11.0. The standard InChI is InChI=1S/C14H14ClNO3/c15-11-4-1-3-10(9-11)6-7-13(17)16-8-2-5-12(16)14(18)19/h1,3-4,6-7,9,12H,2,5,8H2,(H,18,19)/b7-6+/t12-/m0/s1. The Balaban J connectivity index is 2.06. The first-order chi connectivity index (χ1) is 9.08. The van der Waals surface area contributed by atoms with Crippen LogP contribution in [0.5, 0.6) is 0 Å². The topological polar surface area (TPSA) is 57.6 Å². The predicted molar refractivity (Wildman–Crippen MR) is 72.9 cm³/mol. The van der Waals surface area contributed by atoms with Gasteiger partial charge in [0.1, 0.15) is 6.04 Å². The largest absolute Gasteiger partial charge is 0.480 e. The number of rotatable bonds is 3. The molecule has 1 aromatic rings. The van der Waals surface area contributed by atoms with Gasteiger partial charge in [0.2, 0.25) is 5.91 Å². The highest BCUT2D eigenvalue weighted by Crippen LogP contribution is 2.18. The Morgan fingerprint density at radius 2 is 2.21 bits per heavy atom. The molecule has 1 saturated heterocycles. The van der Waals surface area contributed by atoms with E-state index in [0.29, 0.717) is 18.0 Å². The van der Waals surface area contributed by atoms with Crippen molar-refractivity contribution < 1.29 is 14.7 Å². The summed E-state index contributed by atoms with van der Waals surface area (Å²) in [5.74, 6) is -1.22. The molecule has 0 aliphatic carbocycles. The number of hydrogen-bond acceptors (Lipinski definition) is 2. The lowest BCUT2D eigenvalue weighted by Gasteiger charge is -2.19. The molecule has 1 fully saturated rings. The van der Waals surface area contributed by atoms with Gasteiger partial charge in [0.05, 0.1) is 0 Å². The fraction of sp³-hybridized carbons (Fsp3) is 0.286. The van der Waals surface area contributed by atoms with Crippen molar-refractivity contribution in [2.45, 2.75) is 18.9 Å². The first-order valence-electron chi connectivity index (χ1n) is 6.05. The van der Waals surface area contributed by atoms with E-state index in [2.05, 4.69) is 0 Å². The molecule has 1 atom stereocenters. The third kappa shape index (κ3) is 3.35. The zero-order valence-electron chi connectivity index (χ0n) is 10.3. The second kappa shape index (κ2) is 5.89. The van der Waals surface area contributed by atoms with Gasteiger partial charge in [0.25, 0.3) is 0 Å². The van der Waals surface area contributed by atoms with Crippen molar-refractivity contribution in [1.29, 1.82) is 0 Å². The maximum atomic E-state index is 12.0. The van der Waals surface area contributed by atoms with Crippen LogP contribution in [0.15, 0.2) is 30.3 Å². The van der Waals surface area contributed by atoms with E-state index < -0.39 is 12.0 Å². The molecule has 2 rings (SSSR count). The smallest absolute Gasteiger partial charge is 0.326 e. The molecule has 5 heteroatoms. The molecule has 0 radical (unpaired) electrons. The average Bonchev–Trinajstić information content (AvgIpc) is 2.85. The summed E-state index contributed by atoms with van der Waals surface area (Å²) in [6, 6.07) is 6.42. The third-order valence-corrected chi connectivity index (χ3v) is 3.32. The van der Waals surface area contributed by atoms with Gasteiger partial charge in [-0.1, -0.05) is 23.7 Å². The average molecular weight is 280 g/mol. The maximum absolute atomic E-state index is 12.0. The Kier molecular flexibility index (Phi) is 4.22. The molecule has 1 aliphatic rings. The van der Waals surface area contributed by atoms with Crippen LogP contribution in [0.25, 0.3) is 6.08 Å². The van der Waals surface area contributed by atoms with E-state index in [9.17, 15) is 9.59 Å². The summed E-state index contributed by atoms with van der Waals surface area (Å²) in [7, 11) is 0. The molecule has 0 spiro atoms. The molecule has 0 saturated carbocycles. The number of halogens is 1. The Labute approximate surface area is 116 Å². The molecular weight excluding hydrogens is 266 g/mol. The lowest BCUT2D eigenvalue weighted by atomic mass is 10.2. The number of aliphatic carboxylic acids is 1. The van der Waals surface area contributed by atoms with Gasteiger partial charge in [-0.15, -0.1) is 0 Å². The van der Waals surface area contributed by atoms with Crippen molar-refractivity contribution in [3.05, 3.63) is 40.9 Å². The third-order valence-electron chi connectivity index (χ3n) is 3.09. The fourth-order valence-corrected chi connectivity index (χ4v) is 2.36. The number of carbonyl (C=O) groups excluding carboxylic acids is 1. The summed E-state index contributed by atoms with van der Waals surface area (Å²) in [5, 5.41) is 9.62. The number of carboxylic acids is 1. The number of nitrogens with zero attached hydrogens (tertiary/aromatic N) is 1. The van der Waals surface area contributed by atoms with Crippen LogP contribution in [0.1, 0.15) is 18.4 Å². The van der Waals surface area contributed by atoms with E-state index >= 15 is 0 Å². The molecule has 100 valence electrons. The van der Waals surface area contributed by atoms with E-state index in [1.54, 1.807) is 24.3 Å². The van der Waals surface area contributed by atoms with Crippen LogP contribution in [0.2, 0.25) is 5.02 Å². The van der Waals surface area contributed by atoms with Crippen LogP contribution in [0, 0.1) is 0 Å². The van der Waals surface area contributed by atoms with E-state index in [-0.39, 0.29) is 5.91 Å². The number of likely N-dealkylation sites (tertiary alicyclic amines) is 1. The lowest BCUT2D eigenvalue weighted by molar-refractivity contribution is -0.146. The van der Waals surface area contributed by atoms with Gasteiger partial charge < -0.3 is 10.0 Å². The van der Waals surface area contributed by atoms with Crippen LogP contribution in [0.4, 0.5) is 0 Å². The summed E-state index contributed by atoms with van der Waals surface area (Å²) in [5.41, 5.74) is 0.812. The molecule has 0 aromatic heterocycles. The van der Waals surface area contributed by atoms with Gasteiger partial charge in [0, 0.05) is 17.6 Å². The molecular formula is C14H14ClNO3. The minimum Gasteiger partial charge on any atom is -0.480 e. The number of benzene rings is 1. The second-order valence-corrected chi connectivity index (χ2v) is 4.85. The second-order valence-electron chi connectivity index (χ2n) is 4.42. The molecule has 1 heterocycles. The Bertz CT molecular complexity index is 527. The first kappa shape index (κ1) is 13.6. The van der Waals surface area contributed by atoms with E-state index in [0.717, 1.165) is 12.0 Å². The van der Waals surface area contributed by atoms with Crippen LogP contribution >= 0.6 is 11.6 Å². The number of hydrogen-bond donors (Lipinski definition) is 1. The summed E-state index contributed by atoms with van der Waals surface area (Å²) < 4.78 is 0. The molecule has 0 bridgehead atoms. The highest BCUT2D eigenvalue weighted by molar-refractivity contribution is 6.30. The summed E-state index contributed by atoms with van der Waals surface area (Å²) >= 11 is 5.85. The predicted octanol–water partition coefficient (Wildman–Crippen LogP) is 2.43. The monoisotopic (exact) mass is 279 g/mol. The van der Waals surface area contributed by atoms with Gasteiger partial charge in [-0.2, -0.15) is 0 Å². The fourth-order valence-electron chi connectivity index (χ4n) is 2.16. The van der Waals surface area contributed by atoms with Gasteiger partial charge in [-0.25, -0.2) is 4.79 Å². The Morgan fingerprint density at radius 1 is 1.42 bits per heavy atom. The Hall–Kier alpha value is -1.81. The number of carboxylic acid groups (broad SMARTS) is 1. The van der Waals surface area contributed by atoms with Crippen molar-refractivity contribution in [3.8, 4) is 0 Å². The zero-order chi connectivity index (χ0) is 13.8. The molecule has 1 aromatic carbocycles.